The minimum atomic E-state index is -3.74. The van der Waals surface area contributed by atoms with Crippen molar-refractivity contribution in [2.75, 3.05) is 54.1 Å². The highest BCUT2D eigenvalue weighted by molar-refractivity contribution is 7.89. The molecule has 37 heavy (non-hydrogen) atoms. The van der Waals surface area contributed by atoms with Crippen molar-refractivity contribution in [1.29, 1.82) is 0 Å². The van der Waals surface area contributed by atoms with E-state index in [0.717, 1.165) is 12.8 Å². The number of aryl methyl sites for hydroxylation is 2. The minimum absolute atomic E-state index is 0.0576. The van der Waals surface area contributed by atoms with Crippen LogP contribution in [0, 0.1) is 13.8 Å². The van der Waals surface area contributed by atoms with Crippen LogP contribution < -0.4 is 4.74 Å². The van der Waals surface area contributed by atoms with Crippen molar-refractivity contribution < 1.29 is 37.1 Å². The van der Waals surface area contributed by atoms with Gasteiger partial charge >= 0.3 is 6.16 Å². The van der Waals surface area contributed by atoms with Crippen LogP contribution in [0.1, 0.15) is 44.7 Å². The van der Waals surface area contributed by atoms with Gasteiger partial charge in [0.25, 0.3) is 0 Å². The van der Waals surface area contributed by atoms with Gasteiger partial charge in [-0.25, -0.2) is 13.2 Å². The second-order valence-corrected chi connectivity index (χ2v) is 12.2. The summed E-state index contributed by atoms with van der Waals surface area (Å²) >= 11 is 0. The summed E-state index contributed by atoms with van der Waals surface area (Å²) in [6, 6.07) is 3.21. The molecule has 1 amide bonds. The second-order valence-electron chi connectivity index (χ2n) is 10.2. The Kier molecular flexibility index (Phi) is 10.7. The highest BCUT2D eigenvalue weighted by Gasteiger charge is 2.30. The predicted octanol–water partition coefficient (Wildman–Crippen LogP) is 2.74. The summed E-state index contributed by atoms with van der Waals surface area (Å²) in [6.07, 6.45) is 0.737. The molecule has 0 radical (unpaired) electrons. The lowest BCUT2D eigenvalue weighted by Gasteiger charge is -2.36. The number of methoxy groups -OCH3 is 1. The molecular weight excluding hydrogens is 502 g/mol. The van der Waals surface area contributed by atoms with E-state index in [0.29, 0.717) is 30.0 Å². The van der Waals surface area contributed by atoms with Crippen LogP contribution in [-0.2, 0) is 29.1 Å². The molecule has 1 saturated heterocycles. The molecule has 0 saturated carbocycles. The summed E-state index contributed by atoms with van der Waals surface area (Å²) in [5, 5.41) is 1.51. The van der Waals surface area contributed by atoms with Crippen molar-refractivity contribution >= 4 is 22.1 Å². The lowest BCUT2D eigenvalue weighted by molar-refractivity contribution is -0.165. The zero-order chi connectivity index (χ0) is 28.0. The third-order valence-electron chi connectivity index (χ3n) is 6.01. The largest absolute Gasteiger partial charge is 0.528 e. The van der Waals surface area contributed by atoms with Gasteiger partial charge in [0.2, 0.25) is 15.9 Å². The number of carbonyl (C=O) groups excluding carboxylic acids is 2. The Hall–Kier alpha value is -2.41. The van der Waals surface area contributed by atoms with Crippen molar-refractivity contribution in [3.63, 3.8) is 0 Å². The second kappa shape index (κ2) is 12.9. The molecule has 210 valence electrons. The molecule has 1 aliphatic heterocycles. The van der Waals surface area contributed by atoms with Crippen molar-refractivity contribution in [2.24, 2.45) is 0 Å². The summed E-state index contributed by atoms with van der Waals surface area (Å²) in [6.45, 7) is 9.61. The van der Waals surface area contributed by atoms with Crippen LogP contribution in [0.25, 0.3) is 0 Å². The van der Waals surface area contributed by atoms with Crippen molar-refractivity contribution in [2.45, 2.75) is 64.0 Å². The Morgan fingerprint density at radius 2 is 1.76 bits per heavy atom. The summed E-state index contributed by atoms with van der Waals surface area (Å²) in [5.74, 6) is 0.358. The van der Waals surface area contributed by atoms with Crippen LogP contribution in [0.2, 0.25) is 0 Å². The monoisotopic (exact) mass is 543 g/mol. The van der Waals surface area contributed by atoms with E-state index in [1.54, 1.807) is 58.7 Å². The first kappa shape index (κ1) is 30.8. The number of hydrogen-bond donors (Lipinski definition) is 0. The zero-order valence-electron chi connectivity index (χ0n) is 23.2. The van der Waals surface area contributed by atoms with Gasteiger partial charge in [-0.2, -0.15) is 4.31 Å². The van der Waals surface area contributed by atoms with Crippen LogP contribution in [0.4, 0.5) is 4.79 Å². The molecule has 0 aromatic heterocycles. The smallest absolute Gasteiger partial charge is 0.497 e. The highest BCUT2D eigenvalue weighted by atomic mass is 32.2. The molecule has 0 aliphatic carbocycles. The van der Waals surface area contributed by atoms with Gasteiger partial charge < -0.3 is 23.9 Å². The summed E-state index contributed by atoms with van der Waals surface area (Å²) in [7, 11) is 0.955. The number of piperidine rings is 1. The lowest BCUT2D eigenvalue weighted by Crippen LogP contribution is -2.50. The van der Waals surface area contributed by atoms with E-state index < -0.39 is 21.8 Å². The Balaban J connectivity index is 1.84. The fourth-order valence-corrected chi connectivity index (χ4v) is 5.62. The van der Waals surface area contributed by atoms with E-state index in [1.807, 2.05) is 0 Å². The van der Waals surface area contributed by atoms with Crippen LogP contribution >= 0.6 is 0 Å². The molecule has 1 aliphatic rings. The van der Waals surface area contributed by atoms with Gasteiger partial charge in [-0.1, -0.05) is 0 Å². The quantitative estimate of drug-likeness (QED) is 0.324. The summed E-state index contributed by atoms with van der Waals surface area (Å²) < 4.78 is 43.3. The first-order chi connectivity index (χ1) is 17.2. The first-order valence-corrected chi connectivity index (χ1v) is 13.7. The lowest BCUT2D eigenvalue weighted by atomic mass is 10.1. The number of hydroxylamine groups is 2. The molecular formula is C25H41N3O8S. The maximum absolute atomic E-state index is 13.1. The fourth-order valence-electron chi connectivity index (χ4n) is 4.06. The van der Waals surface area contributed by atoms with E-state index in [-0.39, 0.29) is 36.6 Å². The molecule has 2 rings (SSSR count). The molecule has 0 bridgehead atoms. The SMILES string of the molecule is COc1cc(C)c(S(=O)(=O)N(C)CCOCC(=O)N(C)C2CCCN(OC(=O)OC(C)(C)C)C2)c(C)c1. The van der Waals surface area contributed by atoms with Gasteiger partial charge in [0, 0.05) is 33.2 Å². The first-order valence-electron chi connectivity index (χ1n) is 12.3. The number of rotatable bonds is 10. The third kappa shape index (κ3) is 8.84. The fraction of sp³-hybridized carbons (Fsp3) is 0.680. The molecule has 0 N–H and O–H groups in total. The summed E-state index contributed by atoms with van der Waals surface area (Å²) in [5.41, 5.74) is 0.535. The Labute approximate surface area is 220 Å². The zero-order valence-corrected chi connectivity index (χ0v) is 24.0. The molecule has 12 heteroatoms. The van der Waals surface area contributed by atoms with Gasteiger partial charge in [0.1, 0.15) is 18.0 Å². The molecule has 1 unspecified atom stereocenters. The normalized spacial score (nSPS) is 16.9. The summed E-state index contributed by atoms with van der Waals surface area (Å²) in [4.78, 5) is 31.7. The van der Waals surface area contributed by atoms with E-state index in [4.69, 9.17) is 19.0 Å². The van der Waals surface area contributed by atoms with E-state index in [2.05, 4.69) is 0 Å². The van der Waals surface area contributed by atoms with Gasteiger partial charge in [0.05, 0.1) is 25.2 Å². The maximum Gasteiger partial charge on any atom is 0.528 e. The third-order valence-corrected chi connectivity index (χ3v) is 8.17. The number of amides is 1. The van der Waals surface area contributed by atoms with Crippen molar-refractivity contribution in [3.8, 4) is 5.75 Å². The average molecular weight is 544 g/mol. The van der Waals surface area contributed by atoms with E-state index in [9.17, 15) is 18.0 Å². The van der Waals surface area contributed by atoms with Crippen LogP contribution in [-0.4, -0.2) is 100 Å². The molecule has 1 fully saturated rings. The van der Waals surface area contributed by atoms with Crippen LogP contribution in [0.3, 0.4) is 0 Å². The van der Waals surface area contributed by atoms with Gasteiger partial charge in [-0.3, -0.25) is 4.79 Å². The standard InChI is InChI=1S/C25H41N3O8S/c1-18-14-21(33-8)15-19(2)23(18)37(31,32)26(6)12-13-34-17-22(29)27(7)20-10-9-11-28(16-20)36-24(30)35-25(3,4)5/h14-15,20H,9-13,16-17H2,1-8H3. The van der Waals surface area contributed by atoms with Crippen LogP contribution in [0.15, 0.2) is 17.0 Å². The van der Waals surface area contributed by atoms with Gasteiger partial charge in [0.15, 0.2) is 0 Å². The van der Waals surface area contributed by atoms with Crippen molar-refractivity contribution in [1.82, 2.24) is 14.3 Å². The highest BCUT2D eigenvalue weighted by Crippen LogP contribution is 2.27. The van der Waals surface area contributed by atoms with Gasteiger partial charge in [-0.15, -0.1) is 5.06 Å². The number of carbonyl (C=O) groups is 2. The molecule has 11 nitrogen and oxygen atoms in total. The Bertz CT molecular complexity index is 1030. The van der Waals surface area contributed by atoms with E-state index >= 15 is 0 Å². The Morgan fingerprint density at radius 1 is 1.14 bits per heavy atom. The number of ether oxygens (including phenoxy) is 3. The van der Waals surface area contributed by atoms with Gasteiger partial charge in [-0.05, 0) is 70.7 Å². The number of benzene rings is 1. The number of likely N-dealkylation sites (N-methyl/N-ethyl adjacent to an activating group) is 2. The molecule has 1 heterocycles. The van der Waals surface area contributed by atoms with Crippen LogP contribution in [0.5, 0.6) is 5.75 Å². The average Bonchev–Trinajstić information content (AvgIpc) is 2.79. The number of nitrogens with zero attached hydrogens (tertiary/aromatic N) is 3. The molecule has 0 spiro atoms. The predicted molar refractivity (Wildman–Crippen MR) is 138 cm³/mol. The Morgan fingerprint density at radius 3 is 2.32 bits per heavy atom. The molecule has 1 aromatic rings. The van der Waals surface area contributed by atoms with E-state index in [1.165, 1.54) is 23.5 Å². The maximum atomic E-state index is 13.1. The molecule has 1 atom stereocenters. The number of sulfonamides is 1. The molecule has 1 aromatic carbocycles. The van der Waals surface area contributed by atoms with Crippen molar-refractivity contribution in [3.05, 3.63) is 23.3 Å². The number of hydrogen-bond acceptors (Lipinski definition) is 9. The topological polar surface area (TPSA) is 115 Å². The minimum Gasteiger partial charge on any atom is -0.497 e.